The molecule has 1 unspecified atom stereocenters. The van der Waals surface area contributed by atoms with E-state index in [4.69, 9.17) is 21.4 Å². The molecule has 2 rings (SSSR count). The van der Waals surface area contributed by atoms with Crippen molar-refractivity contribution in [2.24, 2.45) is 0 Å². The topological polar surface area (TPSA) is 64.3 Å². The van der Waals surface area contributed by atoms with Crippen molar-refractivity contribution in [3.8, 4) is 0 Å². The van der Waals surface area contributed by atoms with Crippen LogP contribution in [0.25, 0.3) is 11.0 Å². The predicted octanol–water partition coefficient (Wildman–Crippen LogP) is 3.46. The summed E-state index contributed by atoms with van der Waals surface area (Å²) in [5.41, 5.74) is 1.69. The van der Waals surface area contributed by atoms with Gasteiger partial charge in [-0.1, -0.05) is 23.4 Å². The smallest absolute Gasteiger partial charge is 0.313 e. The molecule has 0 radical (unpaired) electrons. The van der Waals surface area contributed by atoms with E-state index in [1.807, 2.05) is 30.5 Å². The number of hydrogen-bond donors (Lipinski definition) is 1. The van der Waals surface area contributed by atoms with Crippen molar-refractivity contribution < 1.29 is 14.6 Å². The number of carboxylic acid groups (broad SMARTS) is 1. The van der Waals surface area contributed by atoms with Crippen LogP contribution in [0, 0.1) is 0 Å². The van der Waals surface area contributed by atoms with Gasteiger partial charge in [0, 0.05) is 11.6 Å². The van der Waals surface area contributed by atoms with Gasteiger partial charge in [-0.05, 0) is 32.0 Å². The van der Waals surface area contributed by atoms with Crippen molar-refractivity contribution >= 4 is 40.4 Å². The average molecular weight is 329 g/mol. The second-order valence-electron chi connectivity index (χ2n) is 4.59. The van der Waals surface area contributed by atoms with Crippen LogP contribution in [0.2, 0.25) is 5.02 Å². The van der Waals surface area contributed by atoms with E-state index in [1.165, 1.54) is 11.8 Å². The van der Waals surface area contributed by atoms with Crippen molar-refractivity contribution in [1.82, 2.24) is 9.55 Å². The van der Waals surface area contributed by atoms with Crippen LogP contribution < -0.4 is 0 Å². The van der Waals surface area contributed by atoms with Crippen LogP contribution in [-0.4, -0.2) is 39.6 Å². The molecule has 1 aromatic carbocycles. The normalized spacial score (nSPS) is 12.7. The molecule has 0 aliphatic rings. The number of halogens is 1. The third-order valence-electron chi connectivity index (χ3n) is 2.95. The lowest BCUT2D eigenvalue weighted by Gasteiger charge is -2.17. The summed E-state index contributed by atoms with van der Waals surface area (Å²) in [6.45, 7) is 5.13. The Hall–Kier alpha value is -1.24. The lowest BCUT2D eigenvalue weighted by Crippen LogP contribution is -2.14. The van der Waals surface area contributed by atoms with Crippen LogP contribution in [0.3, 0.4) is 0 Å². The lowest BCUT2D eigenvalue weighted by molar-refractivity contribution is -0.133. The van der Waals surface area contributed by atoms with Crippen molar-refractivity contribution in [3.05, 3.63) is 23.2 Å². The number of nitrogens with zero attached hydrogens (tertiary/aromatic N) is 2. The molecule has 1 aromatic heterocycles. The Kier molecular flexibility index (Phi) is 5.50. The number of aromatic nitrogens is 2. The number of carbonyl (C=O) groups is 1. The van der Waals surface area contributed by atoms with Crippen LogP contribution >= 0.6 is 23.4 Å². The quantitative estimate of drug-likeness (QED) is 0.788. The molecule has 1 atom stereocenters. The molecule has 1 N–H and O–H groups in total. The minimum absolute atomic E-state index is 0.0294. The first-order chi connectivity index (χ1) is 10.0. The van der Waals surface area contributed by atoms with E-state index in [1.54, 1.807) is 6.07 Å². The first-order valence-electron chi connectivity index (χ1n) is 6.62. The van der Waals surface area contributed by atoms with Crippen molar-refractivity contribution in [2.45, 2.75) is 25.0 Å². The third-order valence-corrected chi connectivity index (χ3v) is 4.12. The van der Waals surface area contributed by atoms with Gasteiger partial charge in [-0.15, -0.1) is 0 Å². The Morgan fingerprint density at radius 2 is 2.33 bits per heavy atom. The number of imidazole rings is 1. The molecule has 5 nitrogen and oxygen atoms in total. The van der Waals surface area contributed by atoms with E-state index in [2.05, 4.69) is 4.98 Å². The molecule has 7 heteroatoms. The van der Waals surface area contributed by atoms with E-state index in [0.29, 0.717) is 23.4 Å². The fourth-order valence-electron chi connectivity index (χ4n) is 2.06. The van der Waals surface area contributed by atoms with Gasteiger partial charge in [-0.2, -0.15) is 0 Å². The maximum atomic E-state index is 10.8. The number of ether oxygens (including phenoxy) is 1. The minimum Gasteiger partial charge on any atom is -0.481 e. The van der Waals surface area contributed by atoms with Gasteiger partial charge in [0.25, 0.3) is 0 Å². The molecule has 0 saturated carbocycles. The Balaban J connectivity index is 2.42. The molecule has 0 aliphatic heterocycles. The second kappa shape index (κ2) is 7.15. The molecule has 114 valence electrons. The Morgan fingerprint density at radius 3 is 3.00 bits per heavy atom. The minimum atomic E-state index is -0.867. The van der Waals surface area contributed by atoms with Crippen LogP contribution in [0.4, 0.5) is 0 Å². The van der Waals surface area contributed by atoms with Gasteiger partial charge in [0.15, 0.2) is 5.16 Å². The fourth-order valence-corrected chi connectivity index (χ4v) is 3.06. The number of benzene rings is 1. The van der Waals surface area contributed by atoms with Gasteiger partial charge in [0.1, 0.15) is 0 Å². The fraction of sp³-hybridized carbons (Fsp3) is 0.429. The first-order valence-corrected chi connectivity index (χ1v) is 7.99. The molecule has 0 fully saturated rings. The molecule has 21 heavy (non-hydrogen) atoms. The van der Waals surface area contributed by atoms with E-state index in [9.17, 15) is 4.79 Å². The Labute approximate surface area is 132 Å². The SMILES string of the molecule is CCOCC(C)n1c(SCC(=O)O)nc2ccc(Cl)cc21. The van der Waals surface area contributed by atoms with Crippen molar-refractivity contribution in [2.75, 3.05) is 19.0 Å². The number of rotatable bonds is 7. The maximum absolute atomic E-state index is 10.8. The van der Waals surface area contributed by atoms with E-state index < -0.39 is 5.97 Å². The van der Waals surface area contributed by atoms with Crippen LogP contribution in [0.1, 0.15) is 19.9 Å². The van der Waals surface area contributed by atoms with Gasteiger partial charge < -0.3 is 14.4 Å². The average Bonchev–Trinajstić information content (AvgIpc) is 2.80. The molecule has 2 aromatic rings. The summed E-state index contributed by atoms with van der Waals surface area (Å²) in [4.78, 5) is 15.3. The van der Waals surface area contributed by atoms with Gasteiger partial charge in [0.05, 0.1) is 29.4 Å². The van der Waals surface area contributed by atoms with Crippen LogP contribution in [0.15, 0.2) is 23.4 Å². The Bertz CT molecular complexity index is 644. The predicted molar refractivity (Wildman–Crippen MR) is 84.3 cm³/mol. The number of hydrogen-bond acceptors (Lipinski definition) is 4. The van der Waals surface area contributed by atoms with Gasteiger partial charge in [-0.3, -0.25) is 4.79 Å². The third kappa shape index (κ3) is 3.90. The molecular weight excluding hydrogens is 312 g/mol. The second-order valence-corrected chi connectivity index (χ2v) is 5.97. The first kappa shape index (κ1) is 16.1. The molecular formula is C14H17ClN2O3S. The van der Waals surface area contributed by atoms with Gasteiger partial charge in [0.2, 0.25) is 0 Å². The van der Waals surface area contributed by atoms with E-state index >= 15 is 0 Å². The van der Waals surface area contributed by atoms with Gasteiger partial charge in [-0.25, -0.2) is 4.98 Å². The number of fused-ring (bicyclic) bond motifs is 1. The molecule has 0 spiro atoms. The number of aliphatic carboxylic acids is 1. The molecule has 0 aliphatic carbocycles. The highest BCUT2D eigenvalue weighted by molar-refractivity contribution is 7.99. The summed E-state index contributed by atoms with van der Waals surface area (Å²) in [5.74, 6) is -0.896. The monoisotopic (exact) mass is 328 g/mol. The Morgan fingerprint density at radius 1 is 1.57 bits per heavy atom. The van der Waals surface area contributed by atoms with Crippen molar-refractivity contribution in [1.29, 1.82) is 0 Å². The number of carboxylic acids is 1. The molecule has 0 bridgehead atoms. The lowest BCUT2D eigenvalue weighted by atomic mass is 10.3. The summed E-state index contributed by atoms with van der Waals surface area (Å²) in [6, 6.07) is 5.51. The van der Waals surface area contributed by atoms with Gasteiger partial charge >= 0.3 is 5.97 Å². The summed E-state index contributed by atoms with van der Waals surface area (Å²) >= 11 is 7.27. The van der Waals surface area contributed by atoms with E-state index in [-0.39, 0.29) is 11.8 Å². The molecule has 0 amide bonds. The summed E-state index contributed by atoms with van der Waals surface area (Å²) < 4.78 is 7.46. The molecule has 1 heterocycles. The highest BCUT2D eigenvalue weighted by Crippen LogP contribution is 2.29. The zero-order valence-electron chi connectivity index (χ0n) is 11.9. The number of thioether (sulfide) groups is 1. The van der Waals surface area contributed by atoms with Crippen LogP contribution in [0.5, 0.6) is 0 Å². The zero-order valence-corrected chi connectivity index (χ0v) is 13.4. The summed E-state index contributed by atoms with van der Waals surface area (Å²) in [7, 11) is 0. The highest BCUT2D eigenvalue weighted by atomic mass is 35.5. The van der Waals surface area contributed by atoms with Crippen LogP contribution in [-0.2, 0) is 9.53 Å². The zero-order chi connectivity index (χ0) is 15.4. The maximum Gasteiger partial charge on any atom is 0.313 e. The summed E-state index contributed by atoms with van der Waals surface area (Å²) in [5, 5.41) is 10.2. The standard InChI is InChI=1S/C14H17ClN2O3S/c1-3-20-7-9(2)17-12-6-10(15)4-5-11(12)16-14(17)21-8-13(18)19/h4-6,9H,3,7-8H2,1-2H3,(H,18,19). The molecule has 0 saturated heterocycles. The summed E-state index contributed by atoms with van der Waals surface area (Å²) in [6.07, 6.45) is 0. The van der Waals surface area contributed by atoms with E-state index in [0.717, 1.165) is 11.0 Å². The van der Waals surface area contributed by atoms with Crippen molar-refractivity contribution in [3.63, 3.8) is 0 Å². The highest BCUT2D eigenvalue weighted by Gasteiger charge is 2.17. The largest absolute Gasteiger partial charge is 0.481 e.